The molecule has 0 fully saturated rings. The smallest absolute Gasteiger partial charge is 0.264 e. The third kappa shape index (κ3) is 3.77. The molecule has 0 radical (unpaired) electrons. The third-order valence-corrected chi connectivity index (χ3v) is 5.86. The van der Waals surface area contributed by atoms with Crippen LogP contribution in [0.15, 0.2) is 18.2 Å². The number of hydrogen-bond donors (Lipinski definition) is 2. The summed E-state index contributed by atoms with van der Waals surface area (Å²) in [5.41, 5.74) is 7.29. The van der Waals surface area contributed by atoms with Crippen molar-refractivity contribution in [3.05, 3.63) is 34.9 Å². The predicted octanol–water partition coefficient (Wildman–Crippen LogP) is 1.58. The molecule has 0 saturated carbocycles. The Kier molecular flexibility index (Phi) is 4.52. The summed E-state index contributed by atoms with van der Waals surface area (Å²) in [6, 6.07) is 5.27. The van der Waals surface area contributed by atoms with E-state index in [9.17, 15) is 18.0 Å². The highest BCUT2D eigenvalue weighted by Gasteiger charge is 2.37. The van der Waals surface area contributed by atoms with E-state index < -0.39 is 27.6 Å². The molecular formula is C17H24N2O4S. The topological polar surface area (TPSA) is 106 Å². The van der Waals surface area contributed by atoms with Gasteiger partial charge in [0.05, 0.1) is 0 Å². The summed E-state index contributed by atoms with van der Waals surface area (Å²) in [5.74, 6) is -2.68. The van der Waals surface area contributed by atoms with Crippen molar-refractivity contribution in [3.63, 3.8) is 0 Å². The van der Waals surface area contributed by atoms with Gasteiger partial charge >= 0.3 is 0 Å². The van der Waals surface area contributed by atoms with Crippen LogP contribution in [0.4, 0.5) is 0 Å². The van der Waals surface area contributed by atoms with E-state index in [4.69, 9.17) is 5.73 Å². The SMILES string of the molecule is CC1(C)CCC(C)(C)c2cc(C(=O)NS(=O)(=O)CC(N)=O)ccc21. The summed E-state index contributed by atoms with van der Waals surface area (Å²) in [7, 11) is -4.08. The van der Waals surface area contributed by atoms with E-state index in [1.54, 1.807) is 12.1 Å². The first-order valence-electron chi connectivity index (χ1n) is 7.82. The molecule has 0 spiro atoms. The van der Waals surface area contributed by atoms with Crippen LogP contribution < -0.4 is 10.5 Å². The second-order valence-corrected chi connectivity index (χ2v) is 9.41. The van der Waals surface area contributed by atoms with Gasteiger partial charge in [-0.2, -0.15) is 0 Å². The van der Waals surface area contributed by atoms with Crippen LogP contribution in [0.1, 0.15) is 62.0 Å². The highest BCUT2D eigenvalue weighted by Crippen LogP contribution is 2.45. The van der Waals surface area contributed by atoms with Crippen LogP contribution >= 0.6 is 0 Å². The van der Waals surface area contributed by atoms with Crippen LogP contribution in [0.2, 0.25) is 0 Å². The Morgan fingerprint density at radius 2 is 1.62 bits per heavy atom. The number of nitrogens with two attached hydrogens (primary N) is 1. The van der Waals surface area contributed by atoms with Gasteiger partial charge in [-0.15, -0.1) is 0 Å². The van der Waals surface area contributed by atoms with Gasteiger partial charge in [0.2, 0.25) is 15.9 Å². The van der Waals surface area contributed by atoms with E-state index in [1.807, 2.05) is 10.8 Å². The Bertz CT molecular complexity index is 795. The Morgan fingerprint density at radius 1 is 1.08 bits per heavy atom. The summed E-state index contributed by atoms with van der Waals surface area (Å²) < 4.78 is 25.3. The molecule has 0 unspecified atom stereocenters. The number of rotatable bonds is 4. The normalized spacial score (nSPS) is 18.5. The summed E-state index contributed by atoms with van der Waals surface area (Å²) in [6.07, 6.45) is 2.03. The third-order valence-electron chi connectivity index (χ3n) is 4.70. The zero-order valence-corrected chi connectivity index (χ0v) is 15.3. The first-order valence-corrected chi connectivity index (χ1v) is 9.47. The zero-order chi connectivity index (χ0) is 18.3. The molecule has 2 rings (SSSR count). The van der Waals surface area contributed by atoms with E-state index in [1.165, 1.54) is 5.56 Å². The average molecular weight is 352 g/mol. The molecule has 1 aromatic carbocycles. The molecular weight excluding hydrogens is 328 g/mol. The molecule has 1 aliphatic carbocycles. The van der Waals surface area contributed by atoms with Crippen molar-refractivity contribution in [1.82, 2.24) is 4.72 Å². The lowest BCUT2D eigenvalue weighted by Gasteiger charge is -2.42. The van der Waals surface area contributed by atoms with E-state index >= 15 is 0 Å². The predicted molar refractivity (Wildman–Crippen MR) is 92.2 cm³/mol. The van der Waals surface area contributed by atoms with E-state index in [2.05, 4.69) is 27.7 Å². The van der Waals surface area contributed by atoms with Gasteiger partial charge in [-0.3, -0.25) is 9.59 Å². The number of primary amides is 1. The summed E-state index contributed by atoms with van der Waals surface area (Å²) >= 11 is 0. The molecule has 0 aromatic heterocycles. The maximum absolute atomic E-state index is 12.3. The summed E-state index contributed by atoms with van der Waals surface area (Å²) in [4.78, 5) is 23.0. The van der Waals surface area contributed by atoms with Crippen LogP contribution in [-0.2, 0) is 25.6 Å². The van der Waals surface area contributed by atoms with Gasteiger partial charge in [0, 0.05) is 5.56 Å². The van der Waals surface area contributed by atoms with Gasteiger partial charge in [-0.25, -0.2) is 13.1 Å². The fourth-order valence-electron chi connectivity index (χ4n) is 3.15. The summed E-state index contributed by atoms with van der Waals surface area (Å²) in [5, 5.41) is 0. The molecule has 0 atom stereocenters. The maximum atomic E-state index is 12.3. The summed E-state index contributed by atoms with van der Waals surface area (Å²) in [6.45, 7) is 8.56. The van der Waals surface area contributed by atoms with Crippen LogP contribution in [0.5, 0.6) is 0 Å². The van der Waals surface area contributed by atoms with Crippen LogP contribution in [0.3, 0.4) is 0 Å². The molecule has 0 aliphatic heterocycles. The van der Waals surface area contributed by atoms with E-state index in [-0.39, 0.29) is 16.4 Å². The molecule has 3 N–H and O–H groups in total. The first-order chi connectivity index (χ1) is 10.8. The molecule has 132 valence electrons. The Balaban J connectivity index is 2.37. The molecule has 1 aromatic rings. The van der Waals surface area contributed by atoms with Crippen molar-refractivity contribution in [2.75, 3.05) is 5.75 Å². The van der Waals surface area contributed by atoms with Crippen LogP contribution in [0, 0.1) is 0 Å². The second kappa shape index (κ2) is 5.88. The lowest BCUT2D eigenvalue weighted by molar-refractivity contribution is -0.115. The van der Waals surface area contributed by atoms with Crippen LogP contribution in [-0.4, -0.2) is 26.0 Å². The molecule has 7 heteroatoms. The highest BCUT2D eigenvalue weighted by molar-refractivity contribution is 7.90. The molecule has 0 saturated heterocycles. The standard InChI is InChI=1S/C17H24N2O4S/c1-16(2)7-8-17(3,4)13-9-11(5-6-12(13)16)15(21)19-24(22,23)10-14(18)20/h5-6,9H,7-8,10H2,1-4H3,(H2,18,20)(H,19,21). The van der Waals surface area contributed by atoms with Crippen molar-refractivity contribution in [1.29, 1.82) is 0 Å². The quantitative estimate of drug-likeness (QED) is 0.858. The Hall–Kier alpha value is -1.89. The molecule has 0 heterocycles. The van der Waals surface area contributed by atoms with E-state index in [0.717, 1.165) is 18.4 Å². The first kappa shape index (κ1) is 18.4. The Morgan fingerprint density at radius 3 is 2.17 bits per heavy atom. The van der Waals surface area contributed by atoms with Gasteiger partial charge < -0.3 is 5.73 Å². The molecule has 6 nitrogen and oxygen atoms in total. The average Bonchev–Trinajstić information content (AvgIpc) is 2.41. The fraction of sp³-hybridized carbons (Fsp3) is 0.529. The van der Waals surface area contributed by atoms with Gasteiger partial charge in [0.25, 0.3) is 5.91 Å². The molecule has 24 heavy (non-hydrogen) atoms. The van der Waals surface area contributed by atoms with Crippen LogP contribution in [0.25, 0.3) is 0 Å². The van der Waals surface area contributed by atoms with Crippen molar-refractivity contribution in [2.24, 2.45) is 5.73 Å². The van der Waals surface area contributed by atoms with Crippen molar-refractivity contribution >= 4 is 21.8 Å². The van der Waals surface area contributed by atoms with Crippen molar-refractivity contribution < 1.29 is 18.0 Å². The minimum Gasteiger partial charge on any atom is -0.369 e. The van der Waals surface area contributed by atoms with Crippen molar-refractivity contribution in [3.8, 4) is 0 Å². The molecule has 0 bridgehead atoms. The van der Waals surface area contributed by atoms with Crippen molar-refractivity contribution in [2.45, 2.75) is 51.4 Å². The van der Waals surface area contributed by atoms with Gasteiger partial charge in [0.1, 0.15) is 5.75 Å². The highest BCUT2D eigenvalue weighted by atomic mass is 32.2. The maximum Gasteiger partial charge on any atom is 0.264 e. The minimum absolute atomic E-state index is 0.0118. The van der Waals surface area contributed by atoms with Gasteiger partial charge in [-0.05, 0) is 46.9 Å². The fourth-order valence-corrected chi connectivity index (χ4v) is 4.00. The van der Waals surface area contributed by atoms with Gasteiger partial charge in [-0.1, -0.05) is 33.8 Å². The lowest BCUT2D eigenvalue weighted by atomic mass is 9.63. The van der Waals surface area contributed by atoms with Gasteiger partial charge in [0.15, 0.2) is 0 Å². The van der Waals surface area contributed by atoms with E-state index in [0.29, 0.717) is 0 Å². The zero-order valence-electron chi connectivity index (χ0n) is 14.5. The molecule has 1 aliphatic rings. The largest absolute Gasteiger partial charge is 0.369 e. The minimum atomic E-state index is -4.08. The number of carbonyl (C=O) groups is 2. The number of nitrogens with one attached hydrogen (secondary N) is 1. The Labute approximate surface area is 142 Å². The number of hydrogen-bond acceptors (Lipinski definition) is 4. The number of carbonyl (C=O) groups excluding carboxylic acids is 2. The number of fused-ring (bicyclic) bond motifs is 1. The number of sulfonamides is 1. The number of benzene rings is 1. The molecule has 2 amide bonds. The second-order valence-electron chi connectivity index (χ2n) is 7.68. The number of amides is 2. The monoisotopic (exact) mass is 352 g/mol. The lowest BCUT2D eigenvalue weighted by Crippen LogP contribution is -2.38.